The molecule has 0 fully saturated rings. The van der Waals surface area contributed by atoms with E-state index < -0.39 is 33.3 Å². The fourth-order valence-corrected chi connectivity index (χ4v) is 3.40. The van der Waals surface area contributed by atoms with Crippen LogP contribution >= 0.6 is 0 Å². The highest BCUT2D eigenvalue weighted by Crippen LogP contribution is 2.22. The number of alkyl halides is 3. The first-order chi connectivity index (χ1) is 13.6. The zero-order chi connectivity index (χ0) is 21.2. The van der Waals surface area contributed by atoms with Gasteiger partial charge in [0.25, 0.3) is 5.56 Å². The minimum Gasteiger partial charge on any atom is -0.484 e. The average molecular weight is 428 g/mol. The number of nitrogens with zero attached hydrogens (tertiary/aromatic N) is 3. The van der Waals surface area contributed by atoms with Gasteiger partial charge in [-0.2, -0.15) is 18.3 Å². The fraction of sp³-hybridized carbons (Fsp3) is 0.235. The maximum Gasteiger partial charge on any atom is 0.422 e. The molecule has 1 N–H and O–H groups in total. The first kappa shape index (κ1) is 20.6. The first-order valence-corrected chi connectivity index (χ1v) is 9.92. The summed E-state index contributed by atoms with van der Waals surface area (Å²) in [5, 5.41) is 5.87. The second-order valence-corrected chi connectivity index (χ2v) is 8.04. The molecule has 0 spiro atoms. The molecule has 0 aliphatic rings. The van der Waals surface area contributed by atoms with Crippen LogP contribution in [-0.4, -0.2) is 46.7 Å². The third kappa shape index (κ3) is 4.65. The van der Waals surface area contributed by atoms with Crippen LogP contribution < -0.4 is 10.3 Å². The number of nitrogens with one attached hydrogen (secondary N) is 1. The van der Waals surface area contributed by atoms with Crippen LogP contribution in [0.5, 0.6) is 5.75 Å². The molecule has 3 aromatic rings. The molecule has 0 unspecified atom stereocenters. The highest BCUT2D eigenvalue weighted by Gasteiger charge is 2.28. The number of aromatic nitrogens is 4. The third-order valence-corrected chi connectivity index (χ3v) is 5.41. The number of halogens is 3. The van der Waals surface area contributed by atoms with Crippen LogP contribution in [0.1, 0.15) is 6.92 Å². The van der Waals surface area contributed by atoms with Crippen molar-refractivity contribution in [1.29, 1.82) is 0 Å². The van der Waals surface area contributed by atoms with Crippen LogP contribution in [0.25, 0.3) is 17.1 Å². The molecule has 0 atom stereocenters. The maximum absolute atomic E-state index is 12.7. The Morgan fingerprint density at radius 1 is 1.17 bits per heavy atom. The summed E-state index contributed by atoms with van der Waals surface area (Å²) in [6, 6.07) is 7.63. The lowest BCUT2D eigenvalue weighted by atomic mass is 10.2. The SMILES string of the molecule is CCS(=O)(=O)c1nc(-c2ccn[nH]2)cc(=O)n1-c1ccc(OCC(F)(F)F)cc1. The largest absolute Gasteiger partial charge is 0.484 e. The molecule has 0 amide bonds. The van der Waals surface area contributed by atoms with Gasteiger partial charge in [-0.3, -0.25) is 14.5 Å². The predicted octanol–water partition coefficient (Wildman–Crippen LogP) is 2.36. The van der Waals surface area contributed by atoms with Crippen molar-refractivity contribution in [2.24, 2.45) is 0 Å². The van der Waals surface area contributed by atoms with E-state index in [0.29, 0.717) is 5.69 Å². The summed E-state index contributed by atoms with van der Waals surface area (Å²) in [5.74, 6) is -0.389. The Bertz CT molecular complexity index is 1150. The normalized spacial score (nSPS) is 12.1. The van der Waals surface area contributed by atoms with E-state index in [1.165, 1.54) is 43.5 Å². The summed E-state index contributed by atoms with van der Waals surface area (Å²) >= 11 is 0. The number of ether oxygens (including phenoxy) is 1. The van der Waals surface area contributed by atoms with E-state index in [9.17, 15) is 26.4 Å². The van der Waals surface area contributed by atoms with Crippen molar-refractivity contribution in [2.45, 2.75) is 18.3 Å². The second kappa shape index (κ2) is 7.70. The summed E-state index contributed by atoms with van der Waals surface area (Å²) in [6.45, 7) is -0.0645. The lowest BCUT2D eigenvalue weighted by Crippen LogP contribution is -2.26. The molecule has 0 saturated heterocycles. The number of rotatable bonds is 6. The number of aromatic amines is 1. The van der Waals surface area contributed by atoms with Gasteiger partial charge in [-0.25, -0.2) is 13.4 Å². The molecular weight excluding hydrogens is 413 g/mol. The summed E-state index contributed by atoms with van der Waals surface area (Å²) in [7, 11) is -3.92. The van der Waals surface area contributed by atoms with Gasteiger partial charge in [0.15, 0.2) is 6.61 Å². The number of hydrogen-bond donors (Lipinski definition) is 1. The smallest absolute Gasteiger partial charge is 0.422 e. The number of hydrogen-bond acceptors (Lipinski definition) is 6. The van der Waals surface area contributed by atoms with Gasteiger partial charge < -0.3 is 4.74 Å². The predicted molar refractivity (Wildman–Crippen MR) is 96.7 cm³/mol. The molecule has 0 aliphatic heterocycles. The first-order valence-electron chi connectivity index (χ1n) is 8.27. The van der Waals surface area contributed by atoms with E-state index in [4.69, 9.17) is 0 Å². The molecule has 0 saturated carbocycles. The summed E-state index contributed by atoms with van der Waals surface area (Å²) < 4.78 is 67.4. The standard InChI is InChI=1S/C17H15F3N4O4S/c1-2-29(26,27)16-22-14(13-7-8-21-23-13)9-15(25)24(16)11-3-5-12(6-4-11)28-10-17(18,19)20/h3-9H,2,10H2,1H3,(H,21,23). The molecule has 29 heavy (non-hydrogen) atoms. The molecule has 2 heterocycles. The van der Waals surface area contributed by atoms with Crippen molar-refractivity contribution in [3.63, 3.8) is 0 Å². The van der Waals surface area contributed by atoms with Crippen molar-refractivity contribution in [2.75, 3.05) is 12.4 Å². The molecule has 0 bridgehead atoms. The van der Waals surface area contributed by atoms with Crippen molar-refractivity contribution in [3.05, 3.63) is 52.9 Å². The molecule has 1 aromatic carbocycles. The minimum atomic E-state index is -4.50. The summed E-state index contributed by atoms with van der Waals surface area (Å²) in [5.41, 5.74) is -0.107. The lowest BCUT2D eigenvalue weighted by molar-refractivity contribution is -0.153. The Labute approximate surface area is 162 Å². The van der Waals surface area contributed by atoms with Gasteiger partial charge >= 0.3 is 6.18 Å². The zero-order valence-electron chi connectivity index (χ0n) is 15.0. The quantitative estimate of drug-likeness (QED) is 0.604. The molecule has 8 nitrogen and oxygen atoms in total. The second-order valence-electron chi connectivity index (χ2n) is 5.87. The molecular formula is C17H15F3N4O4S. The van der Waals surface area contributed by atoms with E-state index in [1.54, 1.807) is 0 Å². The highest BCUT2D eigenvalue weighted by molar-refractivity contribution is 7.91. The van der Waals surface area contributed by atoms with Gasteiger partial charge in [0.05, 0.1) is 22.8 Å². The van der Waals surface area contributed by atoms with Gasteiger partial charge in [-0.1, -0.05) is 6.92 Å². The Balaban J connectivity index is 2.08. The van der Waals surface area contributed by atoms with Crippen LogP contribution in [0.4, 0.5) is 13.2 Å². The Hall–Kier alpha value is -3.15. The third-order valence-electron chi connectivity index (χ3n) is 3.82. The van der Waals surface area contributed by atoms with E-state index in [-0.39, 0.29) is 22.9 Å². The van der Waals surface area contributed by atoms with Gasteiger partial charge in [0.2, 0.25) is 15.0 Å². The van der Waals surface area contributed by atoms with Crippen molar-refractivity contribution >= 4 is 9.84 Å². The van der Waals surface area contributed by atoms with Gasteiger partial charge in [-0.05, 0) is 30.3 Å². The number of benzene rings is 1. The molecule has 0 aliphatic carbocycles. The number of H-pyrrole nitrogens is 1. The minimum absolute atomic E-state index is 0.0824. The Kier molecular flexibility index (Phi) is 5.46. The highest BCUT2D eigenvalue weighted by atomic mass is 32.2. The summed E-state index contributed by atoms with van der Waals surface area (Å²) in [6.07, 6.45) is -3.07. The van der Waals surface area contributed by atoms with Crippen molar-refractivity contribution in [3.8, 4) is 22.8 Å². The molecule has 3 rings (SSSR count). The topological polar surface area (TPSA) is 107 Å². The van der Waals surface area contributed by atoms with Gasteiger partial charge in [-0.15, -0.1) is 0 Å². The lowest BCUT2D eigenvalue weighted by Gasteiger charge is -2.14. The van der Waals surface area contributed by atoms with E-state index >= 15 is 0 Å². The average Bonchev–Trinajstić information content (AvgIpc) is 3.20. The number of sulfone groups is 1. The zero-order valence-corrected chi connectivity index (χ0v) is 15.8. The Morgan fingerprint density at radius 3 is 2.41 bits per heavy atom. The molecule has 0 radical (unpaired) electrons. The van der Waals surface area contributed by atoms with Crippen LogP contribution in [-0.2, 0) is 9.84 Å². The van der Waals surface area contributed by atoms with E-state index in [1.807, 2.05) is 0 Å². The van der Waals surface area contributed by atoms with Crippen LogP contribution in [0.15, 0.2) is 52.5 Å². The van der Waals surface area contributed by atoms with Gasteiger partial charge in [0.1, 0.15) is 5.75 Å². The fourth-order valence-electron chi connectivity index (χ4n) is 2.43. The van der Waals surface area contributed by atoms with Gasteiger partial charge in [0, 0.05) is 12.3 Å². The molecule has 12 heteroatoms. The monoisotopic (exact) mass is 428 g/mol. The van der Waals surface area contributed by atoms with Crippen molar-refractivity contribution < 1.29 is 26.3 Å². The van der Waals surface area contributed by atoms with E-state index in [0.717, 1.165) is 10.6 Å². The molecule has 154 valence electrons. The Morgan fingerprint density at radius 2 is 1.86 bits per heavy atom. The van der Waals surface area contributed by atoms with E-state index in [2.05, 4.69) is 19.9 Å². The summed E-state index contributed by atoms with van der Waals surface area (Å²) in [4.78, 5) is 16.8. The molecule has 2 aromatic heterocycles. The van der Waals surface area contributed by atoms with Crippen LogP contribution in [0, 0.1) is 0 Å². The van der Waals surface area contributed by atoms with Crippen LogP contribution in [0.3, 0.4) is 0 Å². The van der Waals surface area contributed by atoms with Crippen LogP contribution in [0.2, 0.25) is 0 Å². The van der Waals surface area contributed by atoms with Crippen molar-refractivity contribution in [1.82, 2.24) is 19.7 Å². The maximum atomic E-state index is 12.7.